The minimum atomic E-state index is -3.11. The molecule has 0 atom stereocenters. The van der Waals surface area contributed by atoms with Gasteiger partial charge in [-0.2, -0.15) is 0 Å². The van der Waals surface area contributed by atoms with Crippen molar-refractivity contribution in [3.63, 3.8) is 0 Å². The van der Waals surface area contributed by atoms with Crippen molar-refractivity contribution in [3.8, 4) is 0 Å². The maximum atomic E-state index is 12.1. The molecule has 0 amide bonds. The molecule has 0 aliphatic heterocycles. The molecule has 0 radical (unpaired) electrons. The topological polar surface area (TPSA) is 46.2 Å². The van der Waals surface area contributed by atoms with Crippen LogP contribution in [0.4, 0.5) is 0 Å². The van der Waals surface area contributed by atoms with Gasteiger partial charge in [0.25, 0.3) is 0 Å². The van der Waals surface area contributed by atoms with Crippen molar-refractivity contribution >= 4 is 21.2 Å². The first-order valence-electron chi connectivity index (χ1n) is 5.55. The van der Waals surface area contributed by atoms with E-state index in [1.165, 1.54) is 24.2 Å². The molecule has 0 aromatic carbocycles. The van der Waals surface area contributed by atoms with Crippen LogP contribution in [-0.2, 0) is 16.4 Å². The first-order chi connectivity index (χ1) is 7.51. The van der Waals surface area contributed by atoms with Crippen LogP contribution in [0.25, 0.3) is 0 Å². The highest BCUT2D eigenvalue weighted by Gasteiger charge is 2.25. The van der Waals surface area contributed by atoms with E-state index < -0.39 is 9.84 Å². The fourth-order valence-corrected chi connectivity index (χ4v) is 4.32. The zero-order valence-electron chi connectivity index (χ0n) is 9.56. The summed E-state index contributed by atoms with van der Waals surface area (Å²) in [6.07, 6.45) is 2.44. The number of hydrogen-bond donors (Lipinski definition) is 1. The van der Waals surface area contributed by atoms with Crippen molar-refractivity contribution < 1.29 is 8.42 Å². The van der Waals surface area contributed by atoms with E-state index in [-0.39, 0.29) is 5.25 Å². The molecule has 1 aromatic heterocycles. The molecule has 0 saturated heterocycles. The number of hydrogen-bond acceptors (Lipinski definition) is 4. The number of nitrogens with one attached hydrogen (secondary N) is 1. The van der Waals surface area contributed by atoms with Gasteiger partial charge in [-0.15, -0.1) is 11.3 Å². The molecule has 5 heteroatoms. The van der Waals surface area contributed by atoms with Crippen LogP contribution in [-0.4, -0.2) is 19.7 Å². The third kappa shape index (κ3) is 2.47. The van der Waals surface area contributed by atoms with E-state index >= 15 is 0 Å². The van der Waals surface area contributed by atoms with Gasteiger partial charge in [-0.25, -0.2) is 8.42 Å². The van der Waals surface area contributed by atoms with E-state index in [0.29, 0.717) is 16.8 Å². The summed E-state index contributed by atoms with van der Waals surface area (Å²) < 4.78 is 24.7. The van der Waals surface area contributed by atoms with Crippen LogP contribution < -0.4 is 5.32 Å². The quantitative estimate of drug-likeness (QED) is 0.881. The zero-order valence-corrected chi connectivity index (χ0v) is 11.2. The Balaban J connectivity index is 2.17. The summed E-state index contributed by atoms with van der Waals surface area (Å²) >= 11 is 1.33. The first-order valence-corrected chi connectivity index (χ1v) is 7.98. The van der Waals surface area contributed by atoms with Gasteiger partial charge in [-0.05, 0) is 43.7 Å². The van der Waals surface area contributed by atoms with Gasteiger partial charge in [-0.3, -0.25) is 0 Å². The smallest absolute Gasteiger partial charge is 0.190 e. The van der Waals surface area contributed by atoms with E-state index in [4.69, 9.17) is 0 Å². The molecule has 1 heterocycles. The Bertz CT molecular complexity index is 458. The van der Waals surface area contributed by atoms with E-state index in [1.54, 1.807) is 13.8 Å². The molecule has 0 spiro atoms. The summed E-state index contributed by atoms with van der Waals surface area (Å²) in [7, 11) is -3.11. The largest absolute Gasteiger partial charge is 0.310 e. The molecule has 1 saturated carbocycles. The summed E-state index contributed by atoms with van der Waals surface area (Å²) in [5.41, 5.74) is 0.922. The molecule has 1 fully saturated rings. The van der Waals surface area contributed by atoms with Gasteiger partial charge in [0, 0.05) is 12.6 Å². The van der Waals surface area contributed by atoms with Crippen molar-refractivity contribution in [3.05, 3.63) is 17.0 Å². The minimum Gasteiger partial charge on any atom is -0.310 e. The maximum Gasteiger partial charge on any atom is 0.190 e. The van der Waals surface area contributed by atoms with Crippen molar-refractivity contribution in [2.75, 3.05) is 0 Å². The van der Waals surface area contributed by atoms with Crippen LogP contribution in [0.5, 0.6) is 0 Å². The van der Waals surface area contributed by atoms with Crippen molar-refractivity contribution in [2.24, 2.45) is 0 Å². The molecule has 1 aliphatic carbocycles. The van der Waals surface area contributed by atoms with Crippen molar-refractivity contribution in [2.45, 2.75) is 48.7 Å². The number of thiophene rings is 1. The predicted molar refractivity (Wildman–Crippen MR) is 66.5 cm³/mol. The maximum absolute atomic E-state index is 12.1. The van der Waals surface area contributed by atoms with Gasteiger partial charge in [-0.1, -0.05) is 0 Å². The minimum absolute atomic E-state index is 0.342. The van der Waals surface area contributed by atoms with Crippen molar-refractivity contribution in [1.29, 1.82) is 0 Å². The Hall–Kier alpha value is -0.390. The van der Waals surface area contributed by atoms with Crippen LogP contribution in [0.15, 0.2) is 15.7 Å². The monoisotopic (exact) mass is 259 g/mol. The second-order valence-electron chi connectivity index (χ2n) is 4.48. The summed E-state index contributed by atoms with van der Waals surface area (Å²) in [5, 5.41) is 4.87. The van der Waals surface area contributed by atoms with Crippen LogP contribution in [0.2, 0.25) is 0 Å². The Morgan fingerprint density at radius 3 is 2.75 bits per heavy atom. The standard InChI is InChI=1S/C11H17NO2S2/c1-8(2)16(13,14)11-9(5-6-15-11)7-12-10-3-4-10/h5-6,8,10,12H,3-4,7H2,1-2H3. The lowest BCUT2D eigenvalue weighted by atomic mass is 10.3. The summed E-state index contributed by atoms with van der Waals surface area (Å²) in [6.45, 7) is 4.13. The molecule has 3 nitrogen and oxygen atoms in total. The molecule has 1 N–H and O–H groups in total. The lowest BCUT2D eigenvalue weighted by Gasteiger charge is -2.08. The second kappa shape index (κ2) is 4.47. The third-order valence-corrected chi connectivity index (χ3v) is 6.50. The summed E-state index contributed by atoms with van der Waals surface area (Å²) in [4.78, 5) is 0. The van der Waals surface area contributed by atoms with Crippen LogP contribution in [0.3, 0.4) is 0 Å². The fraction of sp³-hybridized carbons (Fsp3) is 0.636. The van der Waals surface area contributed by atoms with E-state index in [2.05, 4.69) is 5.32 Å². The predicted octanol–water partition coefficient (Wildman–Crippen LogP) is 2.18. The molecule has 0 bridgehead atoms. The van der Waals surface area contributed by atoms with Gasteiger partial charge >= 0.3 is 0 Å². The Morgan fingerprint density at radius 1 is 1.50 bits per heavy atom. The van der Waals surface area contributed by atoms with Crippen LogP contribution in [0, 0.1) is 0 Å². The average Bonchev–Trinajstić information content (AvgIpc) is 2.92. The Morgan fingerprint density at radius 2 is 2.19 bits per heavy atom. The van der Waals surface area contributed by atoms with Crippen LogP contribution in [0.1, 0.15) is 32.3 Å². The van der Waals surface area contributed by atoms with E-state index in [1.807, 2.05) is 11.4 Å². The lowest BCUT2D eigenvalue weighted by molar-refractivity contribution is 0.587. The van der Waals surface area contributed by atoms with Gasteiger partial charge in [0.05, 0.1) is 5.25 Å². The highest BCUT2D eigenvalue weighted by molar-refractivity contribution is 7.94. The van der Waals surface area contributed by atoms with E-state index in [0.717, 1.165) is 5.56 Å². The molecule has 16 heavy (non-hydrogen) atoms. The fourth-order valence-electron chi connectivity index (χ4n) is 1.46. The van der Waals surface area contributed by atoms with Gasteiger partial charge < -0.3 is 5.32 Å². The van der Waals surface area contributed by atoms with Gasteiger partial charge in [0.15, 0.2) is 9.84 Å². The van der Waals surface area contributed by atoms with E-state index in [9.17, 15) is 8.42 Å². The van der Waals surface area contributed by atoms with Crippen molar-refractivity contribution in [1.82, 2.24) is 5.32 Å². The molecule has 2 rings (SSSR count). The highest BCUT2D eigenvalue weighted by atomic mass is 32.2. The number of rotatable bonds is 5. The lowest BCUT2D eigenvalue weighted by Crippen LogP contribution is -2.19. The first kappa shape index (κ1) is 12.1. The SMILES string of the molecule is CC(C)S(=O)(=O)c1sccc1CNC1CC1. The molecule has 90 valence electrons. The van der Waals surface area contributed by atoms with Crippen LogP contribution >= 0.6 is 11.3 Å². The highest BCUT2D eigenvalue weighted by Crippen LogP contribution is 2.27. The van der Waals surface area contributed by atoms with Gasteiger partial charge in [0.2, 0.25) is 0 Å². The molecule has 0 unspecified atom stereocenters. The summed E-state index contributed by atoms with van der Waals surface area (Å²) in [6, 6.07) is 2.52. The summed E-state index contributed by atoms with van der Waals surface area (Å²) in [5.74, 6) is 0. The number of sulfone groups is 1. The van der Waals surface area contributed by atoms with Gasteiger partial charge in [0.1, 0.15) is 4.21 Å². The molecule has 1 aliphatic rings. The Labute approximate surface area is 101 Å². The zero-order chi connectivity index (χ0) is 11.8. The second-order valence-corrected chi connectivity index (χ2v) is 8.10. The normalized spacial score (nSPS) is 16.9. The average molecular weight is 259 g/mol. The Kier molecular flexibility index (Phi) is 3.37. The third-order valence-electron chi connectivity index (χ3n) is 2.74. The molecule has 1 aromatic rings. The molecular weight excluding hydrogens is 242 g/mol. The molecular formula is C11H17NO2S2.